The van der Waals surface area contributed by atoms with Crippen molar-refractivity contribution in [2.24, 2.45) is 0 Å². The maximum Gasteiger partial charge on any atom is 0.0606 e. The molecule has 307 valence electrons. The van der Waals surface area contributed by atoms with E-state index in [2.05, 4.69) is 228 Å². The number of fused-ring (bicyclic) bond motifs is 8. The molecule has 4 nitrogen and oxygen atoms in total. The Morgan fingerprint density at radius 2 is 0.883 bits per heavy atom. The number of benzene rings is 7. The Hall–Kier alpha value is -5.52. The van der Waals surface area contributed by atoms with Crippen molar-refractivity contribution in [3.8, 4) is 5.69 Å². The second-order valence-corrected chi connectivity index (χ2v) is 17.2. The molecule has 60 heavy (non-hydrogen) atoms. The van der Waals surface area contributed by atoms with Crippen LogP contribution in [0, 0.1) is 6.67 Å². The van der Waals surface area contributed by atoms with Crippen molar-refractivity contribution in [2.45, 2.75) is 79.1 Å². The van der Waals surface area contributed by atoms with E-state index in [0.717, 1.165) is 11.0 Å². The number of hydrogen-bond acceptors (Lipinski definition) is 2. The first-order valence-electron chi connectivity index (χ1n) is 21.3. The molecule has 7 aromatic carbocycles. The number of nitrogens with zero attached hydrogens (tertiary/aromatic N) is 4. The fourth-order valence-electron chi connectivity index (χ4n) is 9.21. The SMILES string of the molecule is CC(C)c1cccc(C(C)C)c1N1[CH-]N(c2c(C(C)C)cccc2C(C)C)c2ccccc21.[Au].c1ccc(-n2c3ccccc3c3ccc4[n-]c5ccccc5c4c32)cc1. The molecule has 1 aliphatic heterocycles. The standard InChI is InChI=1S/C31H39N2.C24H15N2.Au/c1-20(2)24-13-11-14-25(21(3)4)30(24)32-19-33(29-18-10-9-17-28(29)32)31-26(22(5)6)15-12-16-27(31)23(7)8;1-2-8-16(9-3-1)26-22-13-7-5-10-17(22)18-14-15-21-23(24(18)26)19-11-4-6-12-20(19)25-21;/h9-23H,1-8H3;1-15H;/q2*-1;. The molecule has 0 atom stereocenters. The summed E-state index contributed by atoms with van der Waals surface area (Å²) in [5.41, 5.74) is 16.5. The zero-order chi connectivity index (χ0) is 40.9. The molecule has 2 aromatic heterocycles. The third-order valence-electron chi connectivity index (χ3n) is 12.0. The molecule has 9 aromatic rings. The second-order valence-electron chi connectivity index (χ2n) is 17.2. The van der Waals surface area contributed by atoms with Crippen LogP contribution in [0.3, 0.4) is 0 Å². The van der Waals surface area contributed by atoms with Crippen LogP contribution in [0.5, 0.6) is 0 Å². The van der Waals surface area contributed by atoms with Gasteiger partial charge in [0.05, 0.1) is 11.0 Å². The van der Waals surface area contributed by atoms with Crippen LogP contribution in [0.25, 0.3) is 49.3 Å². The van der Waals surface area contributed by atoms with Crippen LogP contribution < -0.4 is 14.8 Å². The summed E-state index contributed by atoms with van der Waals surface area (Å²) < 4.78 is 2.38. The first kappa shape index (κ1) is 41.2. The number of para-hydroxylation sites is 7. The summed E-state index contributed by atoms with van der Waals surface area (Å²) in [5, 5.41) is 5.00. The van der Waals surface area contributed by atoms with Crippen molar-refractivity contribution in [1.82, 2.24) is 9.55 Å². The first-order valence-corrected chi connectivity index (χ1v) is 21.3. The predicted octanol–water partition coefficient (Wildman–Crippen LogP) is 15.6. The fraction of sp³-hybridized carbons (Fsp3) is 0.218. The third kappa shape index (κ3) is 7.05. The molecule has 0 bridgehead atoms. The molecule has 10 rings (SSSR count). The van der Waals surface area contributed by atoms with Gasteiger partial charge in [-0.1, -0.05) is 177 Å². The number of aromatic nitrogens is 2. The average molecular weight is 968 g/mol. The third-order valence-corrected chi connectivity index (χ3v) is 12.0. The Labute approximate surface area is 371 Å². The van der Waals surface area contributed by atoms with Gasteiger partial charge in [0.2, 0.25) is 0 Å². The van der Waals surface area contributed by atoms with Gasteiger partial charge in [0, 0.05) is 61.6 Å². The van der Waals surface area contributed by atoms with Crippen LogP contribution in [0.1, 0.15) is 101 Å². The summed E-state index contributed by atoms with van der Waals surface area (Å²) in [6.45, 7) is 20.7. The second kappa shape index (κ2) is 16.9. The molecule has 0 amide bonds. The van der Waals surface area contributed by atoms with E-state index in [4.69, 9.17) is 4.98 Å². The van der Waals surface area contributed by atoms with E-state index in [1.165, 1.54) is 83.3 Å². The molecule has 0 N–H and O–H groups in total. The number of rotatable bonds is 7. The van der Waals surface area contributed by atoms with Gasteiger partial charge in [0.1, 0.15) is 0 Å². The van der Waals surface area contributed by atoms with E-state index in [1.54, 1.807) is 0 Å². The van der Waals surface area contributed by atoms with Gasteiger partial charge in [-0.25, -0.2) is 0 Å². The Morgan fingerprint density at radius 1 is 0.417 bits per heavy atom. The number of hydrogen-bond donors (Lipinski definition) is 0. The topological polar surface area (TPSA) is 25.5 Å². The Kier molecular flexibility index (Phi) is 11.6. The van der Waals surface area contributed by atoms with Gasteiger partial charge >= 0.3 is 0 Å². The van der Waals surface area contributed by atoms with Crippen molar-refractivity contribution in [2.75, 3.05) is 9.80 Å². The maximum absolute atomic E-state index is 4.86. The van der Waals surface area contributed by atoms with Crippen LogP contribution >= 0.6 is 0 Å². The fourth-order valence-corrected chi connectivity index (χ4v) is 9.21. The van der Waals surface area contributed by atoms with Crippen molar-refractivity contribution in [3.63, 3.8) is 0 Å². The Morgan fingerprint density at radius 3 is 1.42 bits per heavy atom. The van der Waals surface area contributed by atoms with Crippen LogP contribution in [0.2, 0.25) is 0 Å². The molecule has 0 unspecified atom stereocenters. The van der Waals surface area contributed by atoms with E-state index in [-0.39, 0.29) is 22.4 Å². The molecule has 3 heterocycles. The summed E-state index contributed by atoms with van der Waals surface area (Å²) in [6, 6.07) is 54.5. The van der Waals surface area contributed by atoms with E-state index in [0.29, 0.717) is 23.7 Å². The largest absolute Gasteiger partial charge is 0.657 e. The monoisotopic (exact) mass is 967 g/mol. The summed E-state index contributed by atoms with van der Waals surface area (Å²) in [6.07, 6.45) is 0. The van der Waals surface area contributed by atoms with E-state index < -0.39 is 0 Å². The molecule has 1 aliphatic rings. The van der Waals surface area contributed by atoms with Crippen molar-refractivity contribution in [3.05, 3.63) is 181 Å². The normalized spacial score (nSPS) is 12.7. The van der Waals surface area contributed by atoms with E-state index >= 15 is 0 Å². The van der Waals surface area contributed by atoms with Crippen molar-refractivity contribution >= 4 is 66.4 Å². The van der Waals surface area contributed by atoms with Gasteiger partial charge in [-0.15, -0.1) is 17.7 Å². The minimum absolute atomic E-state index is 0. The van der Waals surface area contributed by atoms with Crippen LogP contribution in [0.15, 0.2) is 152 Å². The van der Waals surface area contributed by atoms with Gasteiger partial charge in [-0.05, 0) is 87.0 Å². The quantitative estimate of drug-likeness (QED) is 0.118. The minimum atomic E-state index is 0. The van der Waals surface area contributed by atoms with E-state index in [1.807, 2.05) is 0 Å². The van der Waals surface area contributed by atoms with Gasteiger partial charge < -0.3 is 19.4 Å². The molecular weight excluding hydrogens is 914 g/mol. The molecular formula is C55H54AuN4-2. The maximum atomic E-state index is 4.86. The van der Waals surface area contributed by atoms with Crippen molar-refractivity contribution in [1.29, 1.82) is 0 Å². The van der Waals surface area contributed by atoms with Crippen LogP contribution in [-0.2, 0) is 22.4 Å². The summed E-state index contributed by atoms with van der Waals surface area (Å²) in [5.74, 6) is 1.79. The first-order chi connectivity index (χ1) is 28.6. The molecule has 0 spiro atoms. The molecule has 0 saturated heterocycles. The minimum Gasteiger partial charge on any atom is -0.657 e. The van der Waals surface area contributed by atoms with Gasteiger partial charge in [-0.3, -0.25) is 0 Å². The Bertz CT molecular complexity index is 2810. The van der Waals surface area contributed by atoms with Gasteiger partial charge in [0.15, 0.2) is 0 Å². The summed E-state index contributed by atoms with van der Waals surface area (Å²) in [4.78, 5) is 9.75. The van der Waals surface area contributed by atoms with Crippen molar-refractivity contribution < 1.29 is 22.4 Å². The molecule has 5 heteroatoms. The van der Waals surface area contributed by atoms with Gasteiger partial charge in [-0.2, -0.15) is 0 Å². The number of anilines is 4. The zero-order valence-electron chi connectivity index (χ0n) is 35.9. The predicted molar refractivity (Wildman–Crippen MR) is 253 cm³/mol. The van der Waals surface area contributed by atoms with Crippen LogP contribution in [0.4, 0.5) is 22.7 Å². The summed E-state index contributed by atoms with van der Waals surface area (Å²) >= 11 is 0. The zero-order valence-corrected chi connectivity index (χ0v) is 38.1. The average Bonchev–Trinajstić information content (AvgIpc) is 3.93. The Balaban J connectivity index is 0.000000167. The van der Waals surface area contributed by atoms with Crippen LogP contribution in [-0.4, -0.2) is 4.57 Å². The molecule has 0 aliphatic carbocycles. The van der Waals surface area contributed by atoms with E-state index in [9.17, 15) is 0 Å². The smallest absolute Gasteiger partial charge is 0.0606 e. The summed E-state index contributed by atoms with van der Waals surface area (Å²) in [7, 11) is 0. The molecule has 0 fully saturated rings. The molecule has 1 radical (unpaired) electrons. The van der Waals surface area contributed by atoms with Gasteiger partial charge in [0.25, 0.3) is 0 Å². The molecule has 0 saturated carbocycles.